The summed E-state index contributed by atoms with van der Waals surface area (Å²) in [6.45, 7) is 2.10. The van der Waals surface area contributed by atoms with Crippen molar-refractivity contribution in [3.63, 3.8) is 0 Å². The molecule has 1 aromatic heterocycles. The molecule has 148 valence electrons. The minimum Gasteiger partial charge on any atom is -0.496 e. The van der Waals surface area contributed by atoms with Gasteiger partial charge in [0.1, 0.15) is 18.1 Å². The van der Waals surface area contributed by atoms with Crippen molar-refractivity contribution in [1.82, 2.24) is 9.47 Å². The lowest BCUT2D eigenvalue weighted by atomic mass is 10.2. The zero-order chi connectivity index (χ0) is 19.9. The van der Waals surface area contributed by atoms with E-state index in [9.17, 15) is 4.79 Å². The van der Waals surface area contributed by atoms with E-state index in [0.717, 1.165) is 34.6 Å². The molecule has 0 radical (unpaired) electrons. The minimum absolute atomic E-state index is 0.0222. The number of methoxy groups -OCH3 is 1. The fourth-order valence-corrected chi connectivity index (χ4v) is 2.99. The highest BCUT2D eigenvalue weighted by molar-refractivity contribution is 5.91. The van der Waals surface area contributed by atoms with Gasteiger partial charge >= 0.3 is 0 Å². The van der Waals surface area contributed by atoms with Gasteiger partial charge in [-0.25, -0.2) is 0 Å². The van der Waals surface area contributed by atoms with Crippen molar-refractivity contribution in [3.8, 4) is 11.5 Å². The summed E-state index contributed by atoms with van der Waals surface area (Å²) in [5.41, 5.74) is 1.83. The molecular formula is C22H27N3O3. The number of fused-ring (bicyclic) bond motifs is 1. The lowest BCUT2D eigenvalue weighted by Gasteiger charge is -2.11. The van der Waals surface area contributed by atoms with Crippen LogP contribution >= 0.6 is 0 Å². The molecule has 1 amide bonds. The van der Waals surface area contributed by atoms with Gasteiger partial charge in [0.2, 0.25) is 5.91 Å². The first-order valence-electron chi connectivity index (χ1n) is 9.36. The highest BCUT2D eigenvalue weighted by atomic mass is 16.5. The van der Waals surface area contributed by atoms with Crippen molar-refractivity contribution < 1.29 is 14.3 Å². The number of carbonyl (C=O) groups is 1. The molecule has 1 heterocycles. The molecular weight excluding hydrogens is 354 g/mol. The molecule has 0 saturated heterocycles. The van der Waals surface area contributed by atoms with Crippen LogP contribution in [0.1, 0.15) is 6.42 Å². The lowest BCUT2D eigenvalue weighted by molar-refractivity contribution is -0.116. The number of amides is 1. The van der Waals surface area contributed by atoms with E-state index in [4.69, 9.17) is 9.47 Å². The number of benzene rings is 2. The molecule has 1 N–H and O–H groups in total. The quantitative estimate of drug-likeness (QED) is 0.615. The second kappa shape index (κ2) is 9.28. The van der Waals surface area contributed by atoms with Crippen LogP contribution in [0.3, 0.4) is 0 Å². The number of likely N-dealkylation sites (N-methyl/N-ethyl adjacent to an activating group) is 1. The van der Waals surface area contributed by atoms with Crippen LogP contribution < -0.4 is 14.8 Å². The third kappa shape index (κ3) is 5.04. The van der Waals surface area contributed by atoms with E-state index in [2.05, 4.69) is 14.8 Å². The van der Waals surface area contributed by atoms with Crippen LogP contribution in [0.5, 0.6) is 11.5 Å². The monoisotopic (exact) mass is 381 g/mol. The smallest absolute Gasteiger partial charge is 0.226 e. The van der Waals surface area contributed by atoms with Gasteiger partial charge in [-0.3, -0.25) is 4.79 Å². The van der Waals surface area contributed by atoms with Crippen LogP contribution in [0, 0.1) is 0 Å². The molecule has 0 spiro atoms. The normalized spacial score (nSPS) is 11.0. The van der Waals surface area contributed by atoms with E-state index >= 15 is 0 Å². The first-order chi connectivity index (χ1) is 13.6. The average molecular weight is 381 g/mol. The molecule has 6 nitrogen and oxygen atoms in total. The van der Waals surface area contributed by atoms with Crippen molar-refractivity contribution >= 4 is 22.5 Å². The zero-order valence-electron chi connectivity index (χ0n) is 16.6. The Morgan fingerprint density at radius 1 is 1.11 bits per heavy atom. The van der Waals surface area contributed by atoms with Crippen LogP contribution in [0.2, 0.25) is 0 Å². The number of nitrogens with one attached hydrogen (secondary N) is 1. The maximum atomic E-state index is 12.3. The van der Waals surface area contributed by atoms with E-state index in [1.807, 2.05) is 68.8 Å². The van der Waals surface area contributed by atoms with Gasteiger partial charge in [-0.05, 0) is 56.6 Å². The van der Waals surface area contributed by atoms with Crippen LogP contribution in [-0.2, 0) is 11.3 Å². The van der Waals surface area contributed by atoms with E-state index in [-0.39, 0.29) is 5.91 Å². The van der Waals surface area contributed by atoms with Crippen LogP contribution in [0.4, 0.5) is 5.69 Å². The SMILES string of the molecule is COc1cccc2c1ccn2CCC(=O)Nc1ccc(OCCN(C)C)cc1. The largest absolute Gasteiger partial charge is 0.496 e. The molecule has 0 bridgehead atoms. The Balaban J connectivity index is 1.52. The Bertz CT molecular complexity index is 916. The molecule has 0 unspecified atom stereocenters. The maximum absolute atomic E-state index is 12.3. The van der Waals surface area contributed by atoms with Crippen LogP contribution in [0.15, 0.2) is 54.7 Å². The first-order valence-corrected chi connectivity index (χ1v) is 9.36. The Kier molecular flexibility index (Phi) is 6.55. The van der Waals surface area contributed by atoms with Gasteiger partial charge in [0.25, 0.3) is 0 Å². The van der Waals surface area contributed by atoms with Gasteiger partial charge in [-0.2, -0.15) is 0 Å². The highest BCUT2D eigenvalue weighted by Gasteiger charge is 2.08. The third-order valence-electron chi connectivity index (χ3n) is 4.52. The Labute approximate surface area is 165 Å². The topological polar surface area (TPSA) is 55.7 Å². The summed E-state index contributed by atoms with van der Waals surface area (Å²) in [5.74, 6) is 1.62. The second-order valence-electron chi connectivity index (χ2n) is 6.88. The number of aryl methyl sites for hydroxylation is 1. The molecule has 0 fully saturated rings. The summed E-state index contributed by atoms with van der Waals surface area (Å²) < 4.78 is 13.1. The van der Waals surface area contributed by atoms with Crippen molar-refractivity contribution in [2.45, 2.75) is 13.0 Å². The molecule has 28 heavy (non-hydrogen) atoms. The number of carbonyl (C=O) groups excluding carboxylic acids is 1. The predicted octanol–water partition coefficient (Wildman–Crippen LogP) is 3.62. The predicted molar refractivity (Wildman–Crippen MR) is 112 cm³/mol. The Morgan fingerprint density at radius 3 is 2.61 bits per heavy atom. The average Bonchev–Trinajstić information content (AvgIpc) is 3.11. The van der Waals surface area contributed by atoms with Gasteiger partial charge in [0.15, 0.2) is 0 Å². The summed E-state index contributed by atoms with van der Waals surface area (Å²) in [6, 6.07) is 15.4. The van der Waals surface area contributed by atoms with E-state index < -0.39 is 0 Å². The summed E-state index contributed by atoms with van der Waals surface area (Å²) in [5, 5.41) is 3.99. The molecule has 2 aromatic carbocycles. The fourth-order valence-electron chi connectivity index (χ4n) is 2.99. The van der Waals surface area contributed by atoms with Crippen molar-refractivity contribution in [3.05, 3.63) is 54.7 Å². The molecule has 3 aromatic rings. The van der Waals surface area contributed by atoms with Gasteiger partial charge in [-0.1, -0.05) is 6.07 Å². The zero-order valence-corrected chi connectivity index (χ0v) is 16.6. The second-order valence-corrected chi connectivity index (χ2v) is 6.88. The molecule has 0 aliphatic heterocycles. The molecule has 0 atom stereocenters. The lowest BCUT2D eigenvalue weighted by Crippen LogP contribution is -2.19. The van der Waals surface area contributed by atoms with Gasteiger partial charge in [0, 0.05) is 36.8 Å². The van der Waals surface area contributed by atoms with Crippen LogP contribution in [-0.4, -0.2) is 49.7 Å². The van der Waals surface area contributed by atoms with Gasteiger partial charge in [0.05, 0.1) is 12.6 Å². The van der Waals surface area contributed by atoms with Gasteiger partial charge < -0.3 is 24.3 Å². The summed E-state index contributed by atoms with van der Waals surface area (Å²) in [7, 11) is 5.68. The maximum Gasteiger partial charge on any atom is 0.226 e. The number of nitrogens with zero attached hydrogens (tertiary/aromatic N) is 2. The standard InChI is InChI=1S/C22H27N3O3/c1-24(2)15-16-28-18-9-7-17(8-10-18)23-22(26)12-14-25-13-11-19-20(25)5-4-6-21(19)27-3/h4-11,13H,12,14-16H2,1-3H3,(H,23,26). The fraction of sp³-hybridized carbons (Fsp3) is 0.318. The van der Waals surface area contributed by atoms with E-state index in [0.29, 0.717) is 19.6 Å². The number of rotatable bonds is 9. The summed E-state index contributed by atoms with van der Waals surface area (Å²) >= 11 is 0. The minimum atomic E-state index is -0.0222. The highest BCUT2D eigenvalue weighted by Crippen LogP contribution is 2.26. The third-order valence-corrected chi connectivity index (χ3v) is 4.52. The van der Waals surface area contributed by atoms with E-state index in [1.165, 1.54) is 0 Å². The molecule has 3 rings (SSSR count). The van der Waals surface area contributed by atoms with Crippen LogP contribution in [0.25, 0.3) is 10.9 Å². The Morgan fingerprint density at radius 2 is 1.89 bits per heavy atom. The van der Waals surface area contributed by atoms with E-state index in [1.54, 1.807) is 7.11 Å². The molecule has 0 aliphatic rings. The summed E-state index contributed by atoms with van der Waals surface area (Å²) in [4.78, 5) is 14.4. The van der Waals surface area contributed by atoms with Crippen molar-refractivity contribution in [1.29, 1.82) is 0 Å². The van der Waals surface area contributed by atoms with Gasteiger partial charge in [-0.15, -0.1) is 0 Å². The first kappa shape index (κ1) is 19.8. The number of anilines is 1. The Hall–Kier alpha value is -2.99. The number of hydrogen-bond donors (Lipinski definition) is 1. The van der Waals surface area contributed by atoms with Crippen molar-refractivity contribution in [2.75, 3.05) is 39.7 Å². The number of hydrogen-bond acceptors (Lipinski definition) is 4. The molecule has 6 heteroatoms. The number of ether oxygens (including phenoxy) is 2. The molecule has 0 saturated carbocycles. The molecule has 0 aliphatic carbocycles. The van der Waals surface area contributed by atoms with Crippen molar-refractivity contribution in [2.24, 2.45) is 0 Å². The summed E-state index contributed by atoms with van der Waals surface area (Å²) in [6.07, 6.45) is 2.38. The number of aromatic nitrogens is 1.